The van der Waals surface area contributed by atoms with E-state index in [-0.39, 0.29) is 5.82 Å². The first-order chi connectivity index (χ1) is 9.69. The van der Waals surface area contributed by atoms with Crippen molar-refractivity contribution >= 4 is 21.6 Å². The maximum absolute atomic E-state index is 13.5. The predicted octanol–water partition coefficient (Wildman–Crippen LogP) is 3.96. The molecule has 4 heteroatoms. The van der Waals surface area contributed by atoms with Crippen LogP contribution in [0.15, 0.2) is 46.9 Å². The molecule has 2 aromatic rings. The minimum absolute atomic E-state index is 0.145. The standard InChI is InChI=1S/C16H18BrFN2/c1-19-15-5-2-12(3-6-15)11-20-9-8-13-10-14(17)4-7-16(13)18/h2-7,10,19-20H,8-9,11H2,1H3. The van der Waals surface area contributed by atoms with Crippen molar-refractivity contribution in [2.24, 2.45) is 0 Å². The Bertz CT molecular complexity index is 555. The molecule has 0 aliphatic heterocycles. The van der Waals surface area contributed by atoms with Crippen LogP contribution in [0, 0.1) is 5.82 Å². The molecule has 0 atom stereocenters. The van der Waals surface area contributed by atoms with Gasteiger partial charge in [0.15, 0.2) is 0 Å². The van der Waals surface area contributed by atoms with E-state index in [2.05, 4.69) is 38.7 Å². The van der Waals surface area contributed by atoms with Crippen LogP contribution < -0.4 is 10.6 Å². The third-order valence-electron chi connectivity index (χ3n) is 3.15. The second-order valence-corrected chi connectivity index (χ2v) is 5.53. The van der Waals surface area contributed by atoms with Crippen LogP contribution in [0.4, 0.5) is 10.1 Å². The molecule has 2 N–H and O–H groups in total. The largest absolute Gasteiger partial charge is 0.388 e. The molecule has 0 saturated heterocycles. The summed E-state index contributed by atoms with van der Waals surface area (Å²) >= 11 is 3.36. The quantitative estimate of drug-likeness (QED) is 0.780. The Morgan fingerprint density at radius 3 is 2.55 bits per heavy atom. The van der Waals surface area contributed by atoms with Gasteiger partial charge in [-0.2, -0.15) is 0 Å². The highest BCUT2D eigenvalue weighted by Gasteiger charge is 2.02. The summed E-state index contributed by atoms with van der Waals surface area (Å²) in [5.74, 6) is -0.145. The number of hydrogen-bond donors (Lipinski definition) is 2. The maximum atomic E-state index is 13.5. The van der Waals surface area contributed by atoms with E-state index in [1.165, 1.54) is 11.6 Å². The number of anilines is 1. The Balaban J connectivity index is 1.79. The van der Waals surface area contributed by atoms with Gasteiger partial charge in [0.25, 0.3) is 0 Å². The number of benzene rings is 2. The summed E-state index contributed by atoms with van der Waals surface area (Å²) in [6, 6.07) is 13.3. The van der Waals surface area contributed by atoms with Crippen LogP contribution in [0.3, 0.4) is 0 Å². The van der Waals surface area contributed by atoms with Crippen LogP contribution >= 0.6 is 15.9 Å². The molecule has 0 amide bonds. The third-order valence-corrected chi connectivity index (χ3v) is 3.64. The lowest BCUT2D eigenvalue weighted by Gasteiger charge is -2.07. The molecular weight excluding hydrogens is 319 g/mol. The summed E-state index contributed by atoms with van der Waals surface area (Å²) < 4.78 is 14.5. The molecular formula is C16H18BrFN2. The average Bonchev–Trinajstić information content (AvgIpc) is 2.47. The molecule has 0 aliphatic rings. The summed E-state index contributed by atoms with van der Waals surface area (Å²) in [5, 5.41) is 6.42. The molecule has 0 heterocycles. The molecule has 106 valence electrons. The zero-order chi connectivity index (χ0) is 14.4. The lowest BCUT2D eigenvalue weighted by molar-refractivity contribution is 0.597. The molecule has 0 bridgehead atoms. The van der Waals surface area contributed by atoms with Crippen LogP contribution in [-0.4, -0.2) is 13.6 Å². The Labute approximate surface area is 127 Å². The minimum Gasteiger partial charge on any atom is -0.388 e. The summed E-state index contributed by atoms with van der Waals surface area (Å²) in [6.07, 6.45) is 0.680. The van der Waals surface area contributed by atoms with Crippen molar-refractivity contribution in [3.05, 3.63) is 63.9 Å². The lowest BCUT2D eigenvalue weighted by Crippen LogP contribution is -2.17. The van der Waals surface area contributed by atoms with E-state index >= 15 is 0 Å². The second kappa shape index (κ2) is 7.41. The van der Waals surface area contributed by atoms with Crippen LogP contribution in [0.5, 0.6) is 0 Å². The maximum Gasteiger partial charge on any atom is 0.126 e. The van der Waals surface area contributed by atoms with Gasteiger partial charge in [-0.05, 0) is 54.4 Å². The van der Waals surface area contributed by atoms with E-state index in [1.54, 1.807) is 6.07 Å². The number of hydrogen-bond acceptors (Lipinski definition) is 2. The van der Waals surface area contributed by atoms with E-state index in [9.17, 15) is 4.39 Å². The van der Waals surface area contributed by atoms with Gasteiger partial charge < -0.3 is 10.6 Å². The van der Waals surface area contributed by atoms with Crippen LogP contribution in [0.1, 0.15) is 11.1 Å². The van der Waals surface area contributed by atoms with Crippen molar-refractivity contribution in [1.82, 2.24) is 5.32 Å². The molecule has 2 aromatic carbocycles. The normalized spacial score (nSPS) is 10.6. The van der Waals surface area contributed by atoms with E-state index < -0.39 is 0 Å². The van der Waals surface area contributed by atoms with Gasteiger partial charge in [0, 0.05) is 23.8 Å². The van der Waals surface area contributed by atoms with E-state index in [0.717, 1.165) is 28.8 Å². The SMILES string of the molecule is CNc1ccc(CNCCc2cc(Br)ccc2F)cc1. The predicted molar refractivity (Wildman–Crippen MR) is 85.5 cm³/mol. The van der Waals surface area contributed by atoms with Gasteiger partial charge in [-0.1, -0.05) is 28.1 Å². The molecule has 2 rings (SSSR count). The molecule has 20 heavy (non-hydrogen) atoms. The van der Waals surface area contributed by atoms with Gasteiger partial charge in [0.2, 0.25) is 0 Å². The molecule has 2 nitrogen and oxygen atoms in total. The van der Waals surface area contributed by atoms with E-state index in [1.807, 2.05) is 25.2 Å². The summed E-state index contributed by atoms with van der Waals surface area (Å²) in [4.78, 5) is 0. The van der Waals surface area contributed by atoms with Crippen LogP contribution in [0.2, 0.25) is 0 Å². The van der Waals surface area contributed by atoms with Gasteiger partial charge in [-0.15, -0.1) is 0 Å². The Hall–Kier alpha value is -1.39. The molecule has 0 spiro atoms. The van der Waals surface area contributed by atoms with Crippen molar-refractivity contribution in [2.45, 2.75) is 13.0 Å². The first-order valence-electron chi connectivity index (χ1n) is 6.60. The fourth-order valence-electron chi connectivity index (χ4n) is 1.98. The lowest BCUT2D eigenvalue weighted by atomic mass is 10.1. The fourth-order valence-corrected chi connectivity index (χ4v) is 2.39. The first-order valence-corrected chi connectivity index (χ1v) is 7.39. The second-order valence-electron chi connectivity index (χ2n) is 4.61. The Morgan fingerprint density at radius 1 is 1.10 bits per heavy atom. The van der Waals surface area contributed by atoms with Gasteiger partial charge >= 0.3 is 0 Å². The number of halogens is 2. The summed E-state index contributed by atoms with van der Waals surface area (Å²) in [6.45, 7) is 1.54. The highest BCUT2D eigenvalue weighted by molar-refractivity contribution is 9.10. The van der Waals surface area contributed by atoms with E-state index in [4.69, 9.17) is 0 Å². The highest BCUT2D eigenvalue weighted by Crippen LogP contribution is 2.15. The average molecular weight is 337 g/mol. The van der Waals surface area contributed by atoms with Crippen molar-refractivity contribution in [1.29, 1.82) is 0 Å². The Kier molecular flexibility index (Phi) is 5.56. The van der Waals surface area contributed by atoms with Gasteiger partial charge in [-0.25, -0.2) is 4.39 Å². The van der Waals surface area contributed by atoms with E-state index in [0.29, 0.717) is 6.42 Å². The van der Waals surface area contributed by atoms with Crippen LogP contribution in [-0.2, 0) is 13.0 Å². The first kappa shape index (κ1) is 15.0. The summed E-state index contributed by atoms with van der Waals surface area (Å²) in [7, 11) is 1.90. The van der Waals surface area contributed by atoms with Gasteiger partial charge in [0.05, 0.1) is 0 Å². The zero-order valence-electron chi connectivity index (χ0n) is 11.4. The third kappa shape index (κ3) is 4.32. The zero-order valence-corrected chi connectivity index (χ0v) is 13.0. The van der Waals surface area contributed by atoms with Crippen molar-refractivity contribution < 1.29 is 4.39 Å². The minimum atomic E-state index is -0.145. The topological polar surface area (TPSA) is 24.1 Å². The van der Waals surface area contributed by atoms with Crippen molar-refractivity contribution in [3.63, 3.8) is 0 Å². The van der Waals surface area contributed by atoms with Crippen LogP contribution in [0.25, 0.3) is 0 Å². The molecule has 0 saturated carbocycles. The smallest absolute Gasteiger partial charge is 0.126 e. The van der Waals surface area contributed by atoms with Gasteiger partial charge in [-0.3, -0.25) is 0 Å². The molecule has 0 radical (unpaired) electrons. The Morgan fingerprint density at radius 2 is 1.85 bits per heavy atom. The fraction of sp³-hybridized carbons (Fsp3) is 0.250. The highest BCUT2D eigenvalue weighted by atomic mass is 79.9. The van der Waals surface area contributed by atoms with Crippen molar-refractivity contribution in [3.8, 4) is 0 Å². The monoisotopic (exact) mass is 336 g/mol. The summed E-state index contributed by atoms with van der Waals surface area (Å²) in [5.41, 5.74) is 3.06. The molecule has 0 aromatic heterocycles. The van der Waals surface area contributed by atoms with Crippen molar-refractivity contribution in [2.75, 3.05) is 18.9 Å². The number of nitrogens with one attached hydrogen (secondary N) is 2. The molecule has 0 fully saturated rings. The molecule has 0 unspecified atom stereocenters. The number of rotatable bonds is 6. The molecule has 0 aliphatic carbocycles. The van der Waals surface area contributed by atoms with Gasteiger partial charge in [0.1, 0.15) is 5.82 Å².